The van der Waals surface area contributed by atoms with E-state index in [4.69, 9.17) is 0 Å². The number of hydrogen-bond donors (Lipinski definition) is 1. The molecule has 0 spiro atoms. The number of benzene rings is 2. The van der Waals surface area contributed by atoms with E-state index in [1.54, 1.807) is 18.2 Å². The average molecular weight is 345 g/mol. The minimum Gasteiger partial charge on any atom is -0.484 e. The summed E-state index contributed by atoms with van der Waals surface area (Å²) < 4.78 is 67.1. The fraction of sp³-hybridized carbons (Fsp3) is 0.200. The summed E-state index contributed by atoms with van der Waals surface area (Å²) in [7, 11) is -3.63. The third-order valence-corrected chi connectivity index (χ3v) is 4.26. The molecule has 0 aliphatic carbocycles. The molecular weight excluding hydrogens is 331 g/mol. The van der Waals surface area contributed by atoms with Gasteiger partial charge in [-0.15, -0.1) is 0 Å². The maximum atomic E-state index is 12.0. The third-order valence-electron chi connectivity index (χ3n) is 2.85. The predicted octanol–water partition coefficient (Wildman–Crippen LogP) is 3.11. The highest BCUT2D eigenvalue weighted by Crippen LogP contribution is 2.19. The fourth-order valence-electron chi connectivity index (χ4n) is 1.73. The molecule has 0 aliphatic heterocycles. The smallest absolute Gasteiger partial charge is 0.422 e. The molecule has 0 saturated heterocycles. The lowest BCUT2D eigenvalue weighted by atomic mass is 10.2. The monoisotopic (exact) mass is 345 g/mol. The van der Waals surface area contributed by atoms with Crippen molar-refractivity contribution in [3.8, 4) is 5.75 Å². The van der Waals surface area contributed by atoms with E-state index in [-0.39, 0.29) is 17.2 Å². The molecule has 2 aromatic carbocycles. The Balaban J connectivity index is 1.94. The highest BCUT2D eigenvalue weighted by Gasteiger charge is 2.28. The third kappa shape index (κ3) is 5.57. The van der Waals surface area contributed by atoms with Gasteiger partial charge in [-0.25, -0.2) is 13.1 Å². The van der Waals surface area contributed by atoms with Crippen LogP contribution in [0.15, 0.2) is 59.5 Å². The molecule has 4 nitrogen and oxygen atoms in total. The van der Waals surface area contributed by atoms with Gasteiger partial charge < -0.3 is 4.74 Å². The van der Waals surface area contributed by atoms with Crippen LogP contribution in [0.2, 0.25) is 0 Å². The van der Waals surface area contributed by atoms with E-state index in [1.165, 1.54) is 36.4 Å². The summed E-state index contributed by atoms with van der Waals surface area (Å²) in [4.78, 5) is 0.144. The minimum absolute atomic E-state index is 0.0246. The van der Waals surface area contributed by atoms with Crippen molar-refractivity contribution < 1.29 is 26.3 Å². The number of halogens is 3. The van der Waals surface area contributed by atoms with Crippen molar-refractivity contribution in [3.63, 3.8) is 0 Å². The van der Waals surface area contributed by atoms with Gasteiger partial charge in [0.1, 0.15) is 5.75 Å². The van der Waals surface area contributed by atoms with Crippen molar-refractivity contribution in [2.45, 2.75) is 17.6 Å². The molecule has 0 heterocycles. The summed E-state index contributed by atoms with van der Waals surface area (Å²) in [6.07, 6.45) is -4.40. The van der Waals surface area contributed by atoms with Crippen LogP contribution >= 0.6 is 0 Å². The molecule has 0 fully saturated rings. The van der Waals surface area contributed by atoms with E-state index in [9.17, 15) is 21.6 Å². The second-order valence-corrected chi connectivity index (χ2v) is 6.45. The van der Waals surface area contributed by atoms with Crippen molar-refractivity contribution in [3.05, 3.63) is 60.2 Å². The maximum absolute atomic E-state index is 12.0. The molecule has 23 heavy (non-hydrogen) atoms. The van der Waals surface area contributed by atoms with Gasteiger partial charge in [0.15, 0.2) is 6.61 Å². The number of ether oxygens (including phenoxy) is 1. The van der Waals surface area contributed by atoms with Crippen LogP contribution in [0.25, 0.3) is 0 Å². The first-order chi connectivity index (χ1) is 10.8. The lowest BCUT2D eigenvalue weighted by Crippen LogP contribution is -2.23. The molecule has 0 amide bonds. The van der Waals surface area contributed by atoms with Gasteiger partial charge in [0.2, 0.25) is 10.0 Å². The lowest BCUT2D eigenvalue weighted by Gasteiger charge is -2.10. The zero-order valence-electron chi connectivity index (χ0n) is 11.9. The van der Waals surface area contributed by atoms with Crippen molar-refractivity contribution in [1.29, 1.82) is 0 Å². The van der Waals surface area contributed by atoms with Crippen LogP contribution in [0, 0.1) is 0 Å². The Labute approximate surface area is 132 Å². The largest absolute Gasteiger partial charge is 0.484 e. The SMILES string of the molecule is O=S(=O)(NCc1ccc(OCC(F)(F)F)cc1)c1ccccc1. The molecule has 0 saturated carbocycles. The molecule has 0 aliphatic rings. The van der Waals surface area contributed by atoms with E-state index >= 15 is 0 Å². The van der Waals surface area contributed by atoms with Crippen molar-refractivity contribution in [1.82, 2.24) is 4.72 Å². The molecule has 1 N–H and O–H groups in total. The van der Waals surface area contributed by atoms with Gasteiger partial charge in [-0.1, -0.05) is 30.3 Å². The molecule has 0 atom stereocenters. The summed E-state index contributed by atoms with van der Waals surface area (Å²) in [5.41, 5.74) is 0.601. The fourth-order valence-corrected chi connectivity index (χ4v) is 2.77. The van der Waals surface area contributed by atoms with Crippen molar-refractivity contribution in [2.75, 3.05) is 6.61 Å². The Morgan fingerprint density at radius 3 is 2.13 bits per heavy atom. The summed E-state index contributed by atoms with van der Waals surface area (Å²) in [6, 6.07) is 13.6. The second kappa shape index (κ2) is 7.01. The Morgan fingerprint density at radius 2 is 1.57 bits per heavy atom. The summed E-state index contributed by atoms with van der Waals surface area (Å²) in [5, 5.41) is 0. The Morgan fingerprint density at radius 1 is 0.957 bits per heavy atom. The van der Waals surface area contributed by atoms with Crippen LogP contribution < -0.4 is 9.46 Å². The summed E-state index contributed by atoms with van der Waals surface area (Å²) >= 11 is 0. The van der Waals surface area contributed by atoms with Gasteiger partial charge >= 0.3 is 6.18 Å². The van der Waals surface area contributed by atoms with Gasteiger partial charge in [-0.3, -0.25) is 0 Å². The van der Waals surface area contributed by atoms with Crippen LogP contribution in [0.1, 0.15) is 5.56 Å². The predicted molar refractivity (Wildman–Crippen MR) is 78.5 cm³/mol. The first kappa shape index (κ1) is 17.3. The normalized spacial score (nSPS) is 12.1. The van der Waals surface area contributed by atoms with Crippen LogP contribution in [0.4, 0.5) is 13.2 Å². The Bertz CT molecular complexity index is 729. The first-order valence-corrected chi connectivity index (χ1v) is 8.08. The van der Waals surface area contributed by atoms with Crippen LogP contribution in [0.3, 0.4) is 0 Å². The van der Waals surface area contributed by atoms with Gasteiger partial charge in [-0.05, 0) is 29.8 Å². The van der Waals surface area contributed by atoms with Crippen molar-refractivity contribution >= 4 is 10.0 Å². The van der Waals surface area contributed by atoms with Gasteiger partial charge in [0.05, 0.1) is 4.90 Å². The molecule has 8 heteroatoms. The highest BCUT2D eigenvalue weighted by atomic mass is 32.2. The molecule has 2 rings (SSSR count). The minimum atomic E-state index is -4.40. The van der Waals surface area contributed by atoms with E-state index in [0.29, 0.717) is 5.56 Å². The van der Waals surface area contributed by atoms with E-state index in [1.807, 2.05) is 0 Å². The number of rotatable bonds is 6. The second-order valence-electron chi connectivity index (χ2n) is 4.69. The van der Waals surface area contributed by atoms with E-state index in [0.717, 1.165) is 0 Å². The first-order valence-electron chi connectivity index (χ1n) is 6.59. The highest BCUT2D eigenvalue weighted by molar-refractivity contribution is 7.89. The van der Waals surface area contributed by atoms with Crippen molar-refractivity contribution in [2.24, 2.45) is 0 Å². The van der Waals surface area contributed by atoms with Gasteiger partial charge in [0, 0.05) is 6.54 Å². The Hall–Kier alpha value is -2.06. The molecule has 0 radical (unpaired) electrons. The van der Waals surface area contributed by atoms with Gasteiger partial charge in [-0.2, -0.15) is 13.2 Å². The van der Waals surface area contributed by atoms with E-state index < -0.39 is 22.8 Å². The molecule has 2 aromatic rings. The average Bonchev–Trinajstić information content (AvgIpc) is 2.52. The maximum Gasteiger partial charge on any atom is 0.422 e. The number of alkyl halides is 3. The quantitative estimate of drug-likeness (QED) is 0.875. The van der Waals surface area contributed by atoms with E-state index in [2.05, 4.69) is 9.46 Å². The standard InChI is InChI=1S/C15H14F3NO3S/c16-15(17,18)11-22-13-8-6-12(7-9-13)10-19-23(20,21)14-4-2-1-3-5-14/h1-9,19H,10-11H2. The Kier molecular flexibility index (Phi) is 5.27. The topological polar surface area (TPSA) is 55.4 Å². The molecule has 0 unspecified atom stereocenters. The molecule has 0 bridgehead atoms. The number of hydrogen-bond acceptors (Lipinski definition) is 3. The van der Waals surface area contributed by atoms with Gasteiger partial charge in [0.25, 0.3) is 0 Å². The zero-order valence-corrected chi connectivity index (χ0v) is 12.7. The molecule has 0 aromatic heterocycles. The lowest BCUT2D eigenvalue weighted by molar-refractivity contribution is -0.153. The van der Waals surface area contributed by atoms with Crippen LogP contribution in [-0.4, -0.2) is 21.2 Å². The number of sulfonamides is 1. The zero-order chi connectivity index (χ0) is 16.9. The summed E-state index contributed by atoms with van der Waals surface area (Å²) in [6.45, 7) is -1.34. The van der Waals surface area contributed by atoms with Crippen LogP contribution in [0.5, 0.6) is 5.75 Å². The summed E-state index contributed by atoms with van der Waals surface area (Å²) in [5.74, 6) is 0.0667. The van der Waals surface area contributed by atoms with Crippen LogP contribution in [-0.2, 0) is 16.6 Å². The molecular formula is C15H14F3NO3S. The molecule has 124 valence electrons. The number of nitrogens with one attached hydrogen (secondary N) is 1.